The molecule has 0 aromatic rings. The van der Waals surface area contributed by atoms with Gasteiger partial charge in [0, 0.05) is 7.05 Å². The van der Waals surface area contributed by atoms with E-state index in [9.17, 15) is 4.79 Å². The Bertz CT molecular complexity index is 264. The average Bonchev–Trinajstić information content (AvgIpc) is 2.33. The van der Waals surface area contributed by atoms with E-state index in [2.05, 4.69) is 23.0 Å². The van der Waals surface area contributed by atoms with Crippen molar-refractivity contribution in [3.63, 3.8) is 0 Å². The van der Waals surface area contributed by atoms with Crippen molar-refractivity contribution in [1.82, 2.24) is 10.9 Å². The summed E-state index contributed by atoms with van der Waals surface area (Å²) in [6, 6.07) is 0. The van der Waals surface area contributed by atoms with Crippen LogP contribution in [0, 0.1) is 0 Å². The quantitative estimate of drug-likeness (QED) is 0.635. The molecule has 0 radical (unpaired) electrons. The SMILES string of the molecule is CNNC(=O)CC1=CCC=CC=C1. The van der Waals surface area contributed by atoms with Gasteiger partial charge in [-0.25, -0.2) is 5.43 Å². The van der Waals surface area contributed by atoms with Crippen LogP contribution >= 0.6 is 0 Å². The van der Waals surface area contributed by atoms with Crippen LogP contribution in [0.15, 0.2) is 36.0 Å². The van der Waals surface area contributed by atoms with Gasteiger partial charge in [-0.15, -0.1) is 0 Å². The van der Waals surface area contributed by atoms with Crippen LogP contribution in [0.3, 0.4) is 0 Å². The molecular formula is C10H14N2O. The van der Waals surface area contributed by atoms with Crippen LogP contribution in [0.2, 0.25) is 0 Å². The van der Waals surface area contributed by atoms with Crippen molar-refractivity contribution in [2.24, 2.45) is 0 Å². The molecular weight excluding hydrogens is 164 g/mol. The molecule has 0 saturated heterocycles. The smallest absolute Gasteiger partial charge is 0.238 e. The second kappa shape index (κ2) is 5.32. The first-order valence-electron chi connectivity index (χ1n) is 4.31. The molecule has 0 aromatic heterocycles. The van der Waals surface area contributed by atoms with E-state index in [0.717, 1.165) is 12.0 Å². The molecule has 0 bridgehead atoms. The molecule has 2 N–H and O–H groups in total. The third-order valence-electron chi connectivity index (χ3n) is 1.70. The molecule has 0 spiro atoms. The molecule has 1 aliphatic carbocycles. The first-order chi connectivity index (χ1) is 6.33. The Kier molecular flexibility index (Phi) is 3.99. The van der Waals surface area contributed by atoms with Gasteiger partial charge in [0.25, 0.3) is 0 Å². The Morgan fingerprint density at radius 2 is 2.38 bits per heavy atom. The highest BCUT2D eigenvalue weighted by Crippen LogP contribution is 2.08. The lowest BCUT2D eigenvalue weighted by molar-refractivity contribution is -0.121. The topological polar surface area (TPSA) is 41.1 Å². The Hall–Kier alpha value is -1.35. The number of carbonyl (C=O) groups is 1. The molecule has 1 amide bonds. The van der Waals surface area contributed by atoms with Gasteiger partial charge in [0.2, 0.25) is 5.91 Å². The summed E-state index contributed by atoms with van der Waals surface area (Å²) in [7, 11) is 1.68. The molecule has 3 heteroatoms. The second-order valence-corrected chi connectivity index (χ2v) is 2.78. The summed E-state index contributed by atoms with van der Waals surface area (Å²) < 4.78 is 0. The number of rotatable bonds is 3. The Morgan fingerprint density at radius 1 is 1.54 bits per heavy atom. The highest BCUT2D eigenvalue weighted by molar-refractivity contribution is 5.78. The van der Waals surface area contributed by atoms with Crippen LogP contribution in [-0.4, -0.2) is 13.0 Å². The number of carbonyl (C=O) groups excluding carboxylic acids is 1. The van der Waals surface area contributed by atoms with Gasteiger partial charge in [-0.05, 0) is 12.0 Å². The third-order valence-corrected chi connectivity index (χ3v) is 1.70. The summed E-state index contributed by atoms with van der Waals surface area (Å²) in [5.74, 6) is -0.0136. The average molecular weight is 178 g/mol. The summed E-state index contributed by atoms with van der Waals surface area (Å²) in [6.07, 6.45) is 11.3. The minimum atomic E-state index is -0.0136. The fraction of sp³-hybridized carbons (Fsp3) is 0.300. The normalized spacial score (nSPS) is 15.0. The van der Waals surface area contributed by atoms with Crippen molar-refractivity contribution in [3.8, 4) is 0 Å². The van der Waals surface area contributed by atoms with Gasteiger partial charge in [0.05, 0.1) is 6.42 Å². The lowest BCUT2D eigenvalue weighted by atomic mass is 10.1. The van der Waals surface area contributed by atoms with Crippen molar-refractivity contribution in [1.29, 1.82) is 0 Å². The summed E-state index contributed by atoms with van der Waals surface area (Å²) >= 11 is 0. The highest BCUT2D eigenvalue weighted by Gasteiger charge is 2.01. The molecule has 1 aliphatic rings. The molecule has 0 heterocycles. The van der Waals surface area contributed by atoms with Crippen molar-refractivity contribution >= 4 is 5.91 Å². The lowest BCUT2D eigenvalue weighted by Crippen LogP contribution is -2.34. The minimum Gasteiger partial charge on any atom is -0.292 e. The minimum absolute atomic E-state index is 0.0136. The Morgan fingerprint density at radius 3 is 3.15 bits per heavy atom. The molecule has 0 saturated carbocycles. The number of nitrogens with one attached hydrogen (secondary N) is 2. The van der Waals surface area contributed by atoms with Gasteiger partial charge in [0.15, 0.2) is 0 Å². The van der Waals surface area contributed by atoms with E-state index in [0.29, 0.717) is 6.42 Å². The maximum Gasteiger partial charge on any atom is 0.238 e. The van der Waals surface area contributed by atoms with Gasteiger partial charge < -0.3 is 0 Å². The van der Waals surface area contributed by atoms with Gasteiger partial charge in [-0.1, -0.05) is 30.4 Å². The van der Waals surface area contributed by atoms with Crippen molar-refractivity contribution in [2.45, 2.75) is 12.8 Å². The molecule has 0 aromatic carbocycles. The number of allylic oxidation sites excluding steroid dienone is 5. The highest BCUT2D eigenvalue weighted by atomic mass is 16.2. The monoisotopic (exact) mass is 178 g/mol. The molecule has 0 unspecified atom stereocenters. The van der Waals surface area contributed by atoms with E-state index < -0.39 is 0 Å². The molecule has 3 nitrogen and oxygen atoms in total. The van der Waals surface area contributed by atoms with E-state index in [1.165, 1.54) is 0 Å². The van der Waals surface area contributed by atoms with E-state index in [1.807, 2.05) is 18.2 Å². The molecule has 0 aliphatic heterocycles. The van der Waals surface area contributed by atoms with Gasteiger partial charge in [-0.3, -0.25) is 10.2 Å². The van der Waals surface area contributed by atoms with Crippen LogP contribution in [-0.2, 0) is 4.79 Å². The summed E-state index contributed by atoms with van der Waals surface area (Å²) in [5.41, 5.74) is 6.19. The van der Waals surface area contributed by atoms with Crippen LogP contribution < -0.4 is 10.9 Å². The number of hydrazine groups is 1. The first kappa shape index (κ1) is 9.74. The van der Waals surface area contributed by atoms with Crippen molar-refractivity contribution < 1.29 is 4.79 Å². The van der Waals surface area contributed by atoms with Crippen molar-refractivity contribution in [2.75, 3.05) is 7.05 Å². The van der Waals surface area contributed by atoms with E-state index >= 15 is 0 Å². The van der Waals surface area contributed by atoms with Crippen LogP contribution in [0.5, 0.6) is 0 Å². The maximum atomic E-state index is 11.2. The molecule has 0 atom stereocenters. The van der Waals surface area contributed by atoms with E-state index in [-0.39, 0.29) is 5.91 Å². The Labute approximate surface area is 78.2 Å². The van der Waals surface area contributed by atoms with E-state index in [1.54, 1.807) is 7.05 Å². The zero-order valence-electron chi connectivity index (χ0n) is 7.71. The largest absolute Gasteiger partial charge is 0.292 e. The molecule has 70 valence electrons. The van der Waals surface area contributed by atoms with Gasteiger partial charge in [0.1, 0.15) is 0 Å². The van der Waals surface area contributed by atoms with E-state index in [4.69, 9.17) is 0 Å². The zero-order valence-corrected chi connectivity index (χ0v) is 7.71. The number of hydrogen-bond donors (Lipinski definition) is 2. The standard InChI is InChI=1S/C10H14N2O/c1-11-12-10(13)8-9-6-4-2-3-5-7-9/h2-4,6-7,11H,5,8H2,1H3,(H,12,13). The van der Waals surface area contributed by atoms with Crippen LogP contribution in [0.4, 0.5) is 0 Å². The van der Waals surface area contributed by atoms with Crippen LogP contribution in [0.25, 0.3) is 0 Å². The first-order valence-corrected chi connectivity index (χ1v) is 4.31. The van der Waals surface area contributed by atoms with Crippen molar-refractivity contribution in [3.05, 3.63) is 36.0 Å². The molecule has 0 fully saturated rings. The summed E-state index contributed by atoms with van der Waals surface area (Å²) in [5, 5.41) is 0. The second-order valence-electron chi connectivity index (χ2n) is 2.78. The van der Waals surface area contributed by atoms with Gasteiger partial charge in [-0.2, -0.15) is 0 Å². The maximum absolute atomic E-state index is 11.2. The number of amides is 1. The summed E-state index contributed by atoms with van der Waals surface area (Å²) in [6.45, 7) is 0. The Balaban J connectivity index is 2.44. The fourth-order valence-corrected chi connectivity index (χ4v) is 1.12. The van der Waals surface area contributed by atoms with Gasteiger partial charge >= 0.3 is 0 Å². The third kappa shape index (κ3) is 3.71. The zero-order chi connectivity index (χ0) is 9.52. The predicted octanol–water partition coefficient (Wildman–Crippen LogP) is 1.07. The fourth-order valence-electron chi connectivity index (χ4n) is 1.12. The number of hydrogen-bond acceptors (Lipinski definition) is 2. The summed E-state index contributed by atoms with van der Waals surface area (Å²) in [4.78, 5) is 11.2. The van der Waals surface area contributed by atoms with Crippen LogP contribution in [0.1, 0.15) is 12.8 Å². The lowest BCUT2D eigenvalue weighted by Gasteiger charge is -2.02. The predicted molar refractivity (Wildman–Crippen MR) is 52.8 cm³/mol. The molecule has 1 rings (SSSR count). The molecule has 13 heavy (non-hydrogen) atoms.